The molecule has 1 heterocycles. The first kappa shape index (κ1) is 18.6. The number of aromatic nitrogens is 1. The van der Waals surface area contributed by atoms with E-state index in [-0.39, 0.29) is 18.2 Å². The summed E-state index contributed by atoms with van der Waals surface area (Å²) < 4.78 is 0. The van der Waals surface area contributed by atoms with E-state index in [2.05, 4.69) is 10.3 Å². The Balaban J connectivity index is 1.74. The quantitative estimate of drug-likeness (QED) is 0.739. The second-order valence-electron chi connectivity index (χ2n) is 6.62. The number of rotatable bonds is 5. The SMILES string of the molecule is CC(=O)N(CCC(=O)Nc1ccc(C)c(C)c1)c1cccc2cccnc12. The Morgan fingerprint density at radius 2 is 1.81 bits per heavy atom. The predicted octanol–water partition coefficient (Wildman–Crippen LogP) is 4.23. The molecule has 27 heavy (non-hydrogen) atoms. The van der Waals surface area contributed by atoms with Crippen LogP contribution in [0.25, 0.3) is 10.9 Å². The maximum Gasteiger partial charge on any atom is 0.226 e. The lowest BCUT2D eigenvalue weighted by Crippen LogP contribution is -2.32. The van der Waals surface area contributed by atoms with Crippen LogP contribution in [-0.4, -0.2) is 23.3 Å². The average molecular weight is 361 g/mol. The lowest BCUT2D eigenvalue weighted by atomic mass is 10.1. The van der Waals surface area contributed by atoms with E-state index in [0.717, 1.165) is 27.8 Å². The van der Waals surface area contributed by atoms with Crippen LogP contribution in [0, 0.1) is 13.8 Å². The van der Waals surface area contributed by atoms with Crippen molar-refractivity contribution in [3.8, 4) is 0 Å². The van der Waals surface area contributed by atoms with Crippen LogP contribution >= 0.6 is 0 Å². The molecule has 3 rings (SSSR count). The van der Waals surface area contributed by atoms with Crippen LogP contribution in [-0.2, 0) is 9.59 Å². The zero-order chi connectivity index (χ0) is 19.4. The summed E-state index contributed by atoms with van der Waals surface area (Å²) >= 11 is 0. The van der Waals surface area contributed by atoms with E-state index in [0.29, 0.717) is 6.54 Å². The van der Waals surface area contributed by atoms with Gasteiger partial charge in [0.1, 0.15) is 0 Å². The molecule has 0 radical (unpaired) electrons. The van der Waals surface area contributed by atoms with Gasteiger partial charge in [-0.05, 0) is 49.2 Å². The minimum atomic E-state index is -0.127. The number of nitrogens with one attached hydrogen (secondary N) is 1. The fraction of sp³-hybridized carbons (Fsp3) is 0.227. The molecule has 0 saturated carbocycles. The Morgan fingerprint density at radius 3 is 2.56 bits per heavy atom. The summed E-state index contributed by atoms with van der Waals surface area (Å²) in [6, 6.07) is 15.3. The van der Waals surface area contributed by atoms with Crippen molar-refractivity contribution in [3.63, 3.8) is 0 Å². The minimum Gasteiger partial charge on any atom is -0.326 e. The number of nitrogens with zero attached hydrogens (tertiary/aromatic N) is 2. The fourth-order valence-electron chi connectivity index (χ4n) is 3.01. The van der Waals surface area contributed by atoms with Crippen LogP contribution in [0.5, 0.6) is 0 Å². The van der Waals surface area contributed by atoms with Gasteiger partial charge in [0.05, 0.1) is 11.2 Å². The average Bonchev–Trinajstić information content (AvgIpc) is 2.65. The first-order valence-corrected chi connectivity index (χ1v) is 8.94. The van der Waals surface area contributed by atoms with Crippen LogP contribution in [0.2, 0.25) is 0 Å². The zero-order valence-corrected chi connectivity index (χ0v) is 15.8. The number of hydrogen-bond acceptors (Lipinski definition) is 3. The van der Waals surface area contributed by atoms with Gasteiger partial charge in [-0.25, -0.2) is 0 Å². The summed E-state index contributed by atoms with van der Waals surface area (Å²) in [5, 5.41) is 3.86. The first-order valence-electron chi connectivity index (χ1n) is 8.94. The summed E-state index contributed by atoms with van der Waals surface area (Å²) in [5.41, 5.74) is 4.55. The highest BCUT2D eigenvalue weighted by Gasteiger charge is 2.16. The molecule has 5 heteroatoms. The molecule has 3 aromatic rings. The highest BCUT2D eigenvalue weighted by molar-refractivity contribution is 6.01. The molecule has 0 fully saturated rings. The van der Waals surface area contributed by atoms with Gasteiger partial charge in [-0.2, -0.15) is 0 Å². The first-order chi connectivity index (χ1) is 13.0. The van der Waals surface area contributed by atoms with Crippen molar-refractivity contribution in [1.82, 2.24) is 4.98 Å². The van der Waals surface area contributed by atoms with Gasteiger partial charge < -0.3 is 10.2 Å². The molecular formula is C22H23N3O2. The minimum absolute atomic E-state index is 0.118. The Bertz CT molecular complexity index is 993. The number of aryl methyl sites for hydroxylation is 2. The van der Waals surface area contributed by atoms with Gasteiger partial charge in [-0.15, -0.1) is 0 Å². The van der Waals surface area contributed by atoms with E-state index < -0.39 is 0 Å². The summed E-state index contributed by atoms with van der Waals surface area (Å²) in [6.07, 6.45) is 1.91. The van der Waals surface area contributed by atoms with Gasteiger partial charge in [0.15, 0.2) is 0 Å². The molecule has 0 atom stereocenters. The number of carbonyl (C=O) groups is 2. The number of carbonyl (C=O) groups excluding carboxylic acids is 2. The summed E-state index contributed by atoms with van der Waals surface area (Å²) in [6.45, 7) is 5.84. The highest BCUT2D eigenvalue weighted by Crippen LogP contribution is 2.25. The molecule has 5 nitrogen and oxygen atoms in total. The van der Waals surface area contributed by atoms with Crippen LogP contribution in [0.4, 0.5) is 11.4 Å². The fourth-order valence-corrected chi connectivity index (χ4v) is 3.01. The molecule has 0 aliphatic heterocycles. The monoisotopic (exact) mass is 361 g/mol. The maximum atomic E-state index is 12.4. The molecule has 1 aromatic heterocycles. The zero-order valence-electron chi connectivity index (χ0n) is 15.8. The molecule has 0 aliphatic carbocycles. The second-order valence-corrected chi connectivity index (χ2v) is 6.62. The molecule has 0 spiro atoms. The molecule has 0 saturated heterocycles. The van der Waals surface area contributed by atoms with Crippen molar-refractivity contribution in [1.29, 1.82) is 0 Å². The van der Waals surface area contributed by atoms with Crippen molar-refractivity contribution in [2.45, 2.75) is 27.2 Å². The Hall–Kier alpha value is -3.21. The number of fused-ring (bicyclic) bond motifs is 1. The van der Waals surface area contributed by atoms with Crippen molar-refractivity contribution < 1.29 is 9.59 Å². The second kappa shape index (κ2) is 7.99. The number of para-hydroxylation sites is 1. The van der Waals surface area contributed by atoms with Crippen LogP contribution in [0.1, 0.15) is 24.5 Å². The third-order valence-electron chi connectivity index (χ3n) is 4.64. The normalized spacial score (nSPS) is 10.6. The molecule has 138 valence electrons. The van der Waals surface area contributed by atoms with E-state index in [9.17, 15) is 9.59 Å². The number of amides is 2. The van der Waals surface area contributed by atoms with Gasteiger partial charge in [0.2, 0.25) is 11.8 Å². The lowest BCUT2D eigenvalue weighted by Gasteiger charge is -2.22. The number of hydrogen-bond donors (Lipinski definition) is 1. The van der Waals surface area contributed by atoms with Gasteiger partial charge >= 0.3 is 0 Å². The largest absolute Gasteiger partial charge is 0.326 e. The summed E-state index contributed by atoms with van der Waals surface area (Å²) in [4.78, 5) is 30.6. The molecular weight excluding hydrogens is 338 g/mol. The van der Waals surface area contributed by atoms with E-state index in [1.807, 2.05) is 62.4 Å². The van der Waals surface area contributed by atoms with Crippen molar-refractivity contribution in [2.75, 3.05) is 16.8 Å². The number of pyridine rings is 1. The molecule has 0 unspecified atom stereocenters. The van der Waals surface area contributed by atoms with Gasteiger partial charge in [0, 0.05) is 37.2 Å². The van der Waals surface area contributed by atoms with Gasteiger partial charge in [-0.3, -0.25) is 14.6 Å². The summed E-state index contributed by atoms with van der Waals surface area (Å²) in [5.74, 6) is -0.246. The molecule has 2 amide bonds. The lowest BCUT2D eigenvalue weighted by molar-refractivity contribution is -0.117. The van der Waals surface area contributed by atoms with Crippen molar-refractivity contribution >= 4 is 34.1 Å². The van der Waals surface area contributed by atoms with Gasteiger partial charge in [-0.1, -0.05) is 24.3 Å². The third kappa shape index (κ3) is 4.31. The molecule has 1 N–H and O–H groups in total. The predicted molar refractivity (Wildman–Crippen MR) is 109 cm³/mol. The van der Waals surface area contributed by atoms with E-state index in [1.165, 1.54) is 12.5 Å². The Morgan fingerprint density at radius 1 is 1.04 bits per heavy atom. The van der Waals surface area contributed by atoms with E-state index >= 15 is 0 Å². The van der Waals surface area contributed by atoms with E-state index in [1.54, 1.807) is 11.1 Å². The Labute approximate surface area is 159 Å². The topological polar surface area (TPSA) is 62.3 Å². The molecule has 0 aliphatic rings. The standard InChI is InChI=1S/C22H23N3O2/c1-15-9-10-19(14-16(15)2)24-21(27)11-13-25(17(3)26)20-8-4-6-18-7-5-12-23-22(18)20/h4-10,12,14H,11,13H2,1-3H3,(H,24,27). The van der Waals surface area contributed by atoms with Crippen LogP contribution in [0.3, 0.4) is 0 Å². The molecule has 2 aromatic carbocycles. The highest BCUT2D eigenvalue weighted by atomic mass is 16.2. The maximum absolute atomic E-state index is 12.4. The Kier molecular flexibility index (Phi) is 5.50. The number of benzene rings is 2. The van der Waals surface area contributed by atoms with Crippen LogP contribution in [0.15, 0.2) is 54.7 Å². The van der Waals surface area contributed by atoms with Crippen molar-refractivity contribution in [2.24, 2.45) is 0 Å². The summed E-state index contributed by atoms with van der Waals surface area (Å²) in [7, 11) is 0. The number of anilines is 2. The van der Waals surface area contributed by atoms with Crippen molar-refractivity contribution in [3.05, 3.63) is 65.9 Å². The van der Waals surface area contributed by atoms with Gasteiger partial charge in [0.25, 0.3) is 0 Å². The smallest absolute Gasteiger partial charge is 0.226 e. The van der Waals surface area contributed by atoms with Crippen LogP contribution < -0.4 is 10.2 Å². The third-order valence-corrected chi connectivity index (χ3v) is 4.64. The molecule has 0 bridgehead atoms. The van der Waals surface area contributed by atoms with E-state index in [4.69, 9.17) is 0 Å².